The van der Waals surface area contributed by atoms with E-state index in [1.54, 1.807) is 25.3 Å². The summed E-state index contributed by atoms with van der Waals surface area (Å²) in [5, 5.41) is 0. The Morgan fingerprint density at radius 2 is 1.81 bits per heavy atom. The van der Waals surface area contributed by atoms with Crippen molar-refractivity contribution in [3.63, 3.8) is 0 Å². The molecule has 0 bridgehead atoms. The highest BCUT2D eigenvalue weighted by Gasteiger charge is 2.26. The van der Waals surface area contributed by atoms with E-state index in [9.17, 15) is 14.4 Å². The van der Waals surface area contributed by atoms with Crippen molar-refractivity contribution in [2.45, 2.75) is 40.7 Å². The number of ether oxygens (including phenoxy) is 2. The highest BCUT2D eigenvalue weighted by Crippen LogP contribution is 2.27. The van der Waals surface area contributed by atoms with Crippen molar-refractivity contribution >= 4 is 17.4 Å². The van der Waals surface area contributed by atoms with Crippen molar-refractivity contribution in [2.24, 2.45) is 11.8 Å². The first-order valence-electron chi connectivity index (χ1n) is 10.2. The first-order chi connectivity index (χ1) is 14.6. The minimum atomic E-state index is -0.682. The van der Waals surface area contributed by atoms with E-state index in [2.05, 4.69) is 4.98 Å². The van der Waals surface area contributed by atoms with Crippen LogP contribution < -0.4 is 31.4 Å². The predicted octanol–water partition coefficient (Wildman–Crippen LogP) is 2.02. The van der Waals surface area contributed by atoms with Gasteiger partial charge in [0.1, 0.15) is 17.3 Å². The van der Waals surface area contributed by atoms with Gasteiger partial charge in [-0.05, 0) is 17.9 Å². The minimum Gasteiger partial charge on any atom is -0.497 e. The molecule has 0 fully saturated rings. The third-order valence-electron chi connectivity index (χ3n) is 4.72. The maximum atomic E-state index is 13.3. The van der Waals surface area contributed by atoms with E-state index in [0.717, 1.165) is 0 Å². The van der Waals surface area contributed by atoms with E-state index in [1.807, 2.05) is 27.7 Å². The number of nitrogens with one attached hydrogen (secondary N) is 1. The van der Waals surface area contributed by atoms with Crippen LogP contribution in [0.4, 0.5) is 11.5 Å². The summed E-state index contributed by atoms with van der Waals surface area (Å²) in [6, 6.07) is 5.18. The number of hydrogen-bond donors (Lipinski definition) is 2. The number of amides is 1. The van der Waals surface area contributed by atoms with Gasteiger partial charge in [0, 0.05) is 24.7 Å². The molecule has 2 aromatic rings. The number of hydrogen-bond acceptors (Lipinski definition) is 6. The SMILES string of the molecule is COc1ccc(CC(=O)N(CC(C)C)c2c(N)n(CC(C)C)c(=O)[nH]c2=O)c(OC)c1. The Hall–Kier alpha value is -3.23. The molecule has 0 spiro atoms. The van der Waals surface area contributed by atoms with Crippen LogP contribution in [0.1, 0.15) is 33.3 Å². The second-order valence-corrected chi connectivity index (χ2v) is 8.25. The molecule has 3 N–H and O–H groups in total. The number of carbonyl (C=O) groups excluding carboxylic acids is 1. The van der Waals surface area contributed by atoms with E-state index in [1.165, 1.54) is 16.6 Å². The molecule has 0 aliphatic heterocycles. The molecule has 31 heavy (non-hydrogen) atoms. The molecule has 9 heteroatoms. The summed E-state index contributed by atoms with van der Waals surface area (Å²) >= 11 is 0. The molecule has 0 atom stereocenters. The molecular formula is C22H32N4O5. The van der Waals surface area contributed by atoms with Gasteiger partial charge in [-0.3, -0.25) is 19.1 Å². The van der Waals surface area contributed by atoms with Crippen molar-refractivity contribution in [1.29, 1.82) is 0 Å². The smallest absolute Gasteiger partial charge is 0.330 e. The second kappa shape index (κ2) is 10.2. The average molecular weight is 433 g/mol. The Morgan fingerprint density at radius 1 is 1.13 bits per heavy atom. The van der Waals surface area contributed by atoms with Crippen LogP contribution in [0.25, 0.3) is 0 Å². The molecule has 2 rings (SSSR count). The molecular weight excluding hydrogens is 400 g/mol. The Bertz CT molecular complexity index is 1040. The normalized spacial score (nSPS) is 11.1. The van der Waals surface area contributed by atoms with Crippen LogP contribution in [0.5, 0.6) is 11.5 Å². The number of H-pyrrole nitrogens is 1. The van der Waals surface area contributed by atoms with Crippen molar-refractivity contribution < 1.29 is 14.3 Å². The summed E-state index contributed by atoms with van der Waals surface area (Å²) in [6.45, 7) is 8.33. The van der Waals surface area contributed by atoms with Gasteiger partial charge in [0.15, 0.2) is 5.69 Å². The Kier molecular flexibility index (Phi) is 7.90. The molecule has 0 saturated carbocycles. The van der Waals surface area contributed by atoms with Crippen molar-refractivity contribution in [3.05, 3.63) is 44.6 Å². The number of nitrogen functional groups attached to an aromatic ring is 1. The Balaban J connectivity index is 2.53. The summed E-state index contributed by atoms with van der Waals surface area (Å²) < 4.78 is 11.9. The molecule has 0 saturated heterocycles. The minimum absolute atomic E-state index is 0.00794. The third-order valence-corrected chi connectivity index (χ3v) is 4.72. The van der Waals surface area contributed by atoms with E-state index in [0.29, 0.717) is 23.6 Å². The van der Waals surface area contributed by atoms with Gasteiger partial charge in [0.05, 0.1) is 20.6 Å². The van der Waals surface area contributed by atoms with Gasteiger partial charge < -0.3 is 20.1 Å². The number of aromatic nitrogens is 2. The number of rotatable bonds is 9. The Labute approximate surface area is 181 Å². The highest BCUT2D eigenvalue weighted by molar-refractivity contribution is 5.97. The molecule has 1 aromatic heterocycles. The van der Waals surface area contributed by atoms with Crippen LogP contribution in [0.2, 0.25) is 0 Å². The van der Waals surface area contributed by atoms with E-state index in [4.69, 9.17) is 15.2 Å². The quantitative estimate of drug-likeness (QED) is 0.626. The molecule has 1 heterocycles. The van der Waals surface area contributed by atoms with Crippen LogP contribution in [0, 0.1) is 11.8 Å². The van der Waals surface area contributed by atoms with E-state index in [-0.39, 0.29) is 42.2 Å². The van der Waals surface area contributed by atoms with Crippen LogP contribution in [-0.2, 0) is 17.8 Å². The first kappa shape index (κ1) is 24.0. The number of carbonyl (C=O) groups is 1. The van der Waals surface area contributed by atoms with Gasteiger partial charge in [0.25, 0.3) is 5.56 Å². The number of aromatic amines is 1. The van der Waals surface area contributed by atoms with Crippen molar-refractivity contribution in [3.8, 4) is 11.5 Å². The molecule has 170 valence electrons. The summed E-state index contributed by atoms with van der Waals surface area (Å²) in [4.78, 5) is 42.0. The third kappa shape index (κ3) is 5.68. The van der Waals surface area contributed by atoms with Crippen LogP contribution in [0.15, 0.2) is 27.8 Å². The fourth-order valence-electron chi connectivity index (χ4n) is 3.32. The summed E-state index contributed by atoms with van der Waals surface area (Å²) in [6.07, 6.45) is -0.0118. The van der Waals surface area contributed by atoms with Crippen LogP contribution in [-0.4, -0.2) is 36.2 Å². The largest absolute Gasteiger partial charge is 0.497 e. The van der Waals surface area contributed by atoms with Gasteiger partial charge in [-0.25, -0.2) is 4.79 Å². The molecule has 0 unspecified atom stereocenters. The lowest BCUT2D eigenvalue weighted by atomic mass is 10.1. The number of nitrogens with two attached hydrogens (primary N) is 1. The van der Waals surface area contributed by atoms with Crippen LogP contribution >= 0.6 is 0 Å². The highest BCUT2D eigenvalue weighted by atomic mass is 16.5. The van der Waals surface area contributed by atoms with Gasteiger partial charge >= 0.3 is 5.69 Å². The monoisotopic (exact) mass is 432 g/mol. The van der Waals surface area contributed by atoms with Gasteiger partial charge in [-0.15, -0.1) is 0 Å². The standard InChI is InChI=1S/C22H32N4O5/c1-13(2)11-25(18(27)9-15-7-8-16(30-5)10-17(15)31-6)19-20(23)26(12-14(3)4)22(29)24-21(19)28/h7-8,10,13-14H,9,11-12,23H2,1-6H3,(H,24,28,29). The maximum absolute atomic E-state index is 13.3. The second-order valence-electron chi connectivity index (χ2n) is 8.25. The first-order valence-corrected chi connectivity index (χ1v) is 10.2. The lowest BCUT2D eigenvalue weighted by Crippen LogP contribution is -2.43. The van der Waals surface area contributed by atoms with Gasteiger partial charge in [-0.1, -0.05) is 33.8 Å². The lowest BCUT2D eigenvalue weighted by Gasteiger charge is -2.26. The zero-order valence-corrected chi connectivity index (χ0v) is 19.0. The Morgan fingerprint density at radius 3 is 2.35 bits per heavy atom. The predicted molar refractivity (Wildman–Crippen MR) is 121 cm³/mol. The topological polar surface area (TPSA) is 120 Å². The fraction of sp³-hybridized carbons (Fsp3) is 0.500. The number of methoxy groups -OCH3 is 2. The van der Waals surface area contributed by atoms with Gasteiger partial charge in [0.2, 0.25) is 5.91 Å². The van der Waals surface area contributed by atoms with Crippen LogP contribution in [0.3, 0.4) is 0 Å². The lowest BCUT2D eigenvalue weighted by molar-refractivity contribution is -0.118. The van der Waals surface area contributed by atoms with E-state index < -0.39 is 11.2 Å². The summed E-state index contributed by atoms with van der Waals surface area (Å²) in [7, 11) is 3.06. The number of benzene rings is 1. The summed E-state index contributed by atoms with van der Waals surface area (Å²) in [5.41, 5.74) is 5.61. The summed E-state index contributed by atoms with van der Waals surface area (Å²) in [5.74, 6) is 0.946. The molecule has 0 aliphatic carbocycles. The van der Waals surface area contributed by atoms with Gasteiger partial charge in [-0.2, -0.15) is 0 Å². The molecule has 1 aromatic carbocycles. The average Bonchev–Trinajstić information content (AvgIpc) is 2.70. The zero-order valence-electron chi connectivity index (χ0n) is 19.0. The molecule has 0 radical (unpaired) electrons. The fourth-order valence-corrected chi connectivity index (χ4v) is 3.32. The number of nitrogens with zero attached hydrogens (tertiary/aromatic N) is 2. The maximum Gasteiger partial charge on any atom is 0.330 e. The van der Waals surface area contributed by atoms with Crippen molar-refractivity contribution in [2.75, 3.05) is 31.4 Å². The number of anilines is 2. The molecule has 0 aliphatic rings. The zero-order chi connectivity index (χ0) is 23.3. The molecule has 1 amide bonds. The van der Waals surface area contributed by atoms with E-state index >= 15 is 0 Å². The molecule has 9 nitrogen and oxygen atoms in total. The van der Waals surface area contributed by atoms with Crippen molar-refractivity contribution in [1.82, 2.24) is 9.55 Å².